The van der Waals surface area contributed by atoms with E-state index in [1.165, 1.54) is 4.31 Å². The number of nitrogens with two attached hydrogens (primary N) is 1. The van der Waals surface area contributed by atoms with Crippen LogP contribution in [-0.2, 0) is 10.0 Å². The third kappa shape index (κ3) is 2.73. The first-order chi connectivity index (χ1) is 8.32. The van der Waals surface area contributed by atoms with Crippen molar-refractivity contribution in [3.63, 3.8) is 0 Å². The van der Waals surface area contributed by atoms with Gasteiger partial charge in [0.05, 0.1) is 4.90 Å². The van der Waals surface area contributed by atoms with Crippen LogP contribution in [0.1, 0.15) is 19.4 Å². The zero-order valence-electron chi connectivity index (χ0n) is 11.1. The maximum absolute atomic E-state index is 12.6. The van der Waals surface area contributed by atoms with E-state index in [0.717, 1.165) is 0 Å². The fourth-order valence-electron chi connectivity index (χ4n) is 1.75. The predicted octanol–water partition coefficient (Wildman–Crippen LogP) is 2.16. The van der Waals surface area contributed by atoms with Crippen LogP contribution in [0.3, 0.4) is 0 Å². The molecule has 0 aliphatic rings. The zero-order valence-corrected chi connectivity index (χ0v) is 11.9. The fraction of sp³-hybridized carbons (Fsp3) is 0.385. The monoisotopic (exact) mass is 268 g/mol. The summed E-state index contributed by atoms with van der Waals surface area (Å²) < 4.78 is 26.5. The molecule has 0 amide bonds. The van der Waals surface area contributed by atoms with Gasteiger partial charge < -0.3 is 5.73 Å². The minimum atomic E-state index is -3.53. The van der Waals surface area contributed by atoms with Crippen molar-refractivity contribution in [2.45, 2.75) is 31.7 Å². The van der Waals surface area contributed by atoms with Gasteiger partial charge in [-0.25, -0.2) is 8.42 Å². The Morgan fingerprint density at radius 2 is 2.06 bits per heavy atom. The molecule has 0 unspecified atom stereocenters. The summed E-state index contributed by atoms with van der Waals surface area (Å²) in [5.41, 5.74) is 6.84. The van der Waals surface area contributed by atoms with Crippen LogP contribution >= 0.6 is 0 Å². The standard InChI is InChI=1S/C13H20N2O2S/c1-5-9-15(10(2)3)18(16,17)13-8-6-7-12(14)11(13)4/h5-8,10H,1,9,14H2,2-4H3. The van der Waals surface area contributed by atoms with Gasteiger partial charge in [0.1, 0.15) is 0 Å². The molecule has 1 aromatic carbocycles. The molecule has 0 saturated carbocycles. The van der Waals surface area contributed by atoms with Crippen LogP contribution < -0.4 is 5.73 Å². The summed E-state index contributed by atoms with van der Waals surface area (Å²) in [5, 5.41) is 0. The molecule has 100 valence electrons. The molecule has 18 heavy (non-hydrogen) atoms. The second-order valence-electron chi connectivity index (χ2n) is 4.43. The molecule has 0 saturated heterocycles. The van der Waals surface area contributed by atoms with Crippen LogP contribution in [0.5, 0.6) is 0 Å². The lowest BCUT2D eigenvalue weighted by atomic mass is 10.2. The Labute approximate surface area is 109 Å². The van der Waals surface area contributed by atoms with Crippen LogP contribution in [0.25, 0.3) is 0 Å². The van der Waals surface area contributed by atoms with Gasteiger partial charge >= 0.3 is 0 Å². The van der Waals surface area contributed by atoms with Crippen molar-refractivity contribution in [2.24, 2.45) is 0 Å². The molecule has 0 atom stereocenters. The molecule has 0 radical (unpaired) electrons. The van der Waals surface area contributed by atoms with E-state index >= 15 is 0 Å². The SMILES string of the molecule is C=CCN(C(C)C)S(=O)(=O)c1cccc(N)c1C. The summed E-state index contributed by atoms with van der Waals surface area (Å²) in [6.07, 6.45) is 1.58. The highest BCUT2D eigenvalue weighted by Crippen LogP contribution is 2.25. The van der Waals surface area contributed by atoms with E-state index in [9.17, 15) is 8.42 Å². The fourth-order valence-corrected chi connectivity index (χ4v) is 3.62. The van der Waals surface area contributed by atoms with Gasteiger partial charge in [0.15, 0.2) is 0 Å². The van der Waals surface area contributed by atoms with E-state index in [-0.39, 0.29) is 17.5 Å². The van der Waals surface area contributed by atoms with Gasteiger partial charge in [-0.2, -0.15) is 4.31 Å². The Morgan fingerprint density at radius 1 is 1.44 bits per heavy atom. The average Bonchev–Trinajstić information content (AvgIpc) is 2.28. The number of hydrogen-bond donors (Lipinski definition) is 1. The summed E-state index contributed by atoms with van der Waals surface area (Å²) in [5.74, 6) is 0. The Balaban J connectivity index is 3.35. The molecular weight excluding hydrogens is 248 g/mol. The van der Waals surface area contributed by atoms with Gasteiger partial charge in [0.2, 0.25) is 10.0 Å². The second kappa shape index (κ2) is 5.54. The predicted molar refractivity (Wildman–Crippen MR) is 74.8 cm³/mol. The van der Waals surface area contributed by atoms with Crippen molar-refractivity contribution in [2.75, 3.05) is 12.3 Å². The van der Waals surface area contributed by atoms with Crippen molar-refractivity contribution in [3.05, 3.63) is 36.4 Å². The molecule has 5 heteroatoms. The lowest BCUT2D eigenvalue weighted by Crippen LogP contribution is -2.37. The second-order valence-corrected chi connectivity index (χ2v) is 6.29. The normalized spacial score (nSPS) is 12.1. The Morgan fingerprint density at radius 3 is 2.56 bits per heavy atom. The van der Waals surface area contributed by atoms with E-state index in [0.29, 0.717) is 11.3 Å². The van der Waals surface area contributed by atoms with Gasteiger partial charge in [0.25, 0.3) is 0 Å². The van der Waals surface area contributed by atoms with Crippen molar-refractivity contribution in [1.29, 1.82) is 0 Å². The van der Waals surface area contributed by atoms with Crippen LogP contribution in [0.2, 0.25) is 0 Å². The van der Waals surface area contributed by atoms with E-state index in [1.807, 2.05) is 13.8 Å². The maximum Gasteiger partial charge on any atom is 0.243 e. The van der Waals surface area contributed by atoms with Crippen LogP contribution in [-0.4, -0.2) is 25.3 Å². The van der Waals surface area contributed by atoms with Crippen molar-refractivity contribution >= 4 is 15.7 Å². The molecule has 0 aliphatic heterocycles. The highest BCUT2D eigenvalue weighted by atomic mass is 32.2. The summed E-state index contributed by atoms with van der Waals surface area (Å²) in [4.78, 5) is 0.262. The van der Waals surface area contributed by atoms with Crippen LogP contribution in [0.15, 0.2) is 35.7 Å². The number of anilines is 1. The number of hydrogen-bond acceptors (Lipinski definition) is 3. The molecule has 0 aromatic heterocycles. The number of nitrogens with zero attached hydrogens (tertiary/aromatic N) is 1. The Hall–Kier alpha value is -1.33. The smallest absolute Gasteiger partial charge is 0.243 e. The highest BCUT2D eigenvalue weighted by Gasteiger charge is 2.27. The molecule has 0 spiro atoms. The van der Waals surface area contributed by atoms with Crippen molar-refractivity contribution in [3.8, 4) is 0 Å². The number of nitrogen functional groups attached to an aromatic ring is 1. The third-order valence-corrected chi connectivity index (χ3v) is 4.98. The number of benzene rings is 1. The lowest BCUT2D eigenvalue weighted by molar-refractivity contribution is 0.382. The number of rotatable bonds is 5. The average molecular weight is 268 g/mol. The first kappa shape index (κ1) is 14.7. The maximum atomic E-state index is 12.6. The minimum Gasteiger partial charge on any atom is -0.398 e. The zero-order chi connectivity index (χ0) is 13.9. The third-order valence-electron chi connectivity index (χ3n) is 2.80. The highest BCUT2D eigenvalue weighted by molar-refractivity contribution is 7.89. The summed E-state index contributed by atoms with van der Waals surface area (Å²) in [6, 6.07) is 4.80. The Bertz CT molecular complexity index is 536. The quantitative estimate of drug-likeness (QED) is 0.657. The molecule has 1 aromatic rings. The van der Waals surface area contributed by atoms with E-state index in [1.54, 1.807) is 31.2 Å². The molecule has 0 heterocycles. The molecule has 2 N–H and O–H groups in total. The van der Waals surface area contributed by atoms with Gasteiger partial charge in [0, 0.05) is 18.3 Å². The van der Waals surface area contributed by atoms with E-state index in [4.69, 9.17) is 5.73 Å². The van der Waals surface area contributed by atoms with Crippen LogP contribution in [0, 0.1) is 6.92 Å². The first-order valence-electron chi connectivity index (χ1n) is 5.80. The van der Waals surface area contributed by atoms with E-state index in [2.05, 4.69) is 6.58 Å². The summed E-state index contributed by atoms with van der Waals surface area (Å²) >= 11 is 0. The molecule has 0 aliphatic carbocycles. The largest absolute Gasteiger partial charge is 0.398 e. The first-order valence-corrected chi connectivity index (χ1v) is 7.24. The van der Waals surface area contributed by atoms with Gasteiger partial charge in [-0.05, 0) is 38.5 Å². The molecule has 1 rings (SSSR count). The topological polar surface area (TPSA) is 63.4 Å². The molecule has 4 nitrogen and oxygen atoms in total. The molecule has 0 bridgehead atoms. The van der Waals surface area contributed by atoms with Gasteiger partial charge in [-0.1, -0.05) is 12.1 Å². The van der Waals surface area contributed by atoms with E-state index < -0.39 is 10.0 Å². The van der Waals surface area contributed by atoms with Crippen LogP contribution in [0.4, 0.5) is 5.69 Å². The number of sulfonamides is 1. The van der Waals surface area contributed by atoms with Gasteiger partial charge in [-0.3, -0.25) is 0 Å². The van der Waals surface area contributed by atoms with Crippen molar-refractivity contribution < 1.29 is 8.42 Å². The van der Waals surface area contributed by atoms with Gasteiger partial charge in [-0.15, -0.1) is 6.58 Å². The lowest BCUT2D eigenvalue weighted by Gasteiger charge is -2.25. The summed E-state index contributed by atoms with van der Waals surface area (Å²) in [7, 11) is -3.53. The summed E-state index contributed by atoms with van der Waals surface area (Å²) in [6.45, 7) is 9.27. The Kier molecular flexibility index (Phi) is 4.53. The molecule has 0 fully saturated rings. The van der Waals surface area contributed by atoms with Crippen molar-refractivity contribution in [1.82, 2.24) is 4.31 Å². The molecular formula is C13H20N2O2S. The minimum absolute atomic E-state index is 0.131.